The molecule has 1 N–H and O–H groups in total. The Bertz CT molecular complexity index is 648. The van der Waals surface area contributed by atoms with Crippen LogP contribution in [0.1, 0.15) is 57.9 Å². The third-order valence-electron chi connectivity index (χ3n) is 6.06. The summed E-state index contributed by atoms with van der Waals surface area (Å²) in [6, 6.07) is 6.07. The predicted octanol–water partition coefficient (Wildman–Crippen LogP) is 4.11. The van der Waals surface area contributed by atoms with Crippen molar-refractivity contribution < 1.29 is 9.53 Å². The van der Waals surface area contributed by atoms with Crippen LogP contribution < -0.4 is 15.0 Å². The lowest BCUT2D eigenvalue weighted by molar-refractivity contribution is 0.200. The van der Waals surface area contributed by atoms with E-state index in [1.54, 1.807) is 0 Å². The normalized spacial score (nSPS) is 24.5. The second-order valence-electron chi connectivity index (χ2n) is 8.04. The second-order valence-corrected chi connectivity index (χ2v) is 8.04. The summed E-state index contributed by atoms with van der Waals surface area (Å²) in [5, 5.41) is 2.86. The van der Waals surface area contributed by atoms with Gasteiger partial charge in [-0.15, -0.1) is 0 Å². The van der Waals surface area contributed by atoms with Crippen LogP contribution in [0.4, 0.5) is 10.5 Å². The van der Waals surface area contributed by atoms with Gasteiger partial charge >= 0.3 is 6.09 Å². The number of carbonyl (C=O) groups is 1. The summed E-state index contributed by atoms with van der Waals surface area (Å²) in [6.45, 7) is 6.34. The van der Waals surface area contributed by atoms with Crippen molar-refractivity contribution in [3.63, 3.8) is 0 Å². The Morgan fingerprint density at radius 3 is 2.81 bits per heavy atom. The van der Waals surface area contributed by atoms with Gasteiger partial charge in [-0.25, -0.2) is 4.79 Å². The van der Waals surface area contributed by atoms with E-state index < -0.39 is 0 Å². The topological polar surface area (TPSA) is 44.8 Å². The van der Waals surface area contributed by atoms with Crippen molar-refractivity contribution in [1.29, 1.82) is 0 Å². The third-order valence-corrected chi connectivity index (χ3v) is 6.06. The molecule has 1 fully saturated rings. The van der Waals surface area contributed by atoms with Gasteiger partial charge in [0.05, 0.1) is 6.17 Å². The molecule has 1 aromatic rings. The number of benzene rings is 1. The number of likely N-dealkylation sites (tertiary alicyclic amines) is 1. The van der Waals surface area contributed by atoms with Gasteiger partial charge in [0.2, 0.25) is 0 Å². The van der Waals surface area contributed by atoms with E-state index in [0.29, 0.717) is 18.5 Å². The van der Waals surface area contributed by atoms with Gasteiger partial charge in [-0.2, -0.15) is 0 Å². The summed E-state index contributed by atoms with van der Waals surface area (Å²) in [5.74, 6) is 0.616. The number of hydrogen-bond acceptors (Lipinski definition) is 4. The molecule has 1 amide bonds. The molecule has 0 spiro atoms. The molecule has 0 aliphatic carbocycles. The number of amides is 1. The molecule has 0 aromatic heterocycles. The quantitative estimate of drug-likeness (QED) is 0.744. The van der Waals surface area contributed by atoms with E-state index in [2.05, 4.69) is 49.1 Å². The molecule has 5 nitrogen and oxygen atoms in total. The van der Waals surface area contributed by atoms with Crippen LogP contribution in [0.15, 0.2) is 18.2 Å². The number of hydrogen-bond donors (Lipinski definition) is 1. The van der Waals surface area contributed by atoms with Gasteiger partial charge in [-0.05, 0) is 31.5 Å². The summed E-state index contributed by atoms with van der Waals surface area (Å²) in [7, 11) is 4.32. The van der Waals surface area contributed by atoms with Crippen molar-refractivity contribution in [1.82, 2.24) is 10.2 Å². The van der Waals surface area contributed by atoms with Gasteiger partial charge in [0.1, 0.15) is 5.75 Å². The number of rotatable bonds is 7. The number of carbonyl (C=O) groups excluding carboxylic acids is 1. The van der Waals surface area contributed by atoms with Crippen molar-refractivity contribution in [2.24, 2.45) is 0 Å². The Morgan fingerprint density at radius 2 is 2.04 bits per heavy atom. The molecule has 2 heterocycles. The van der Waals surface area contributed by atoms with Crippen LogP contribution in [-0.2, 0) is 5.41 Å². The Morgan fingerprint density at radius 1 is 1.27 bits per heavy atom. The van der Waals surface area contributed by atoms with E-state index in [9.17, 15) is 4.79 Å². The van der Waals surface area contributed by atoms with Crippen molar-refractivity contribution in [2.75, 3.05) is 32.1 Å². The molecular weight excluding hydrogens is 326 g/mol. The minimum Gasteiger partial charge on any atom is -0.410 e. The van der Waals surface area contributed by atoms with Crippen LogP contribution in [0.2, 0.25) is 0 Å². The summed E-state index contributed by atoms with van der Waals surface area (Å²) < 4.78 is 5.51. The highest BCUT2D eigenvalue weighted by Crippen LogP contribution is 2.51. The van der Waals surface area contributed by atoms with E-state index in [4.69, 9.17) is 4.74 Å². The largest absolute Gasteiger partial charge is 0.412 e. The fraction of sp³-hybridized carbons (Fsp3) is 0.667. The molecule has 0 unspecified atom stereocenters. The first-order valence-corrected chi connectivity index (χ1v) is 10.0. The van der Waals surface area contributed by atoms with E-state index in [-0.39, 0.29) is 11.5 Å². The molecule has 5 heteroatoms. The number of anilines is 1. The van der Waals surface area contributed by atoms with Crippen molar-refractivity contribution in [3.05, 3.63) is 23.8 Å². The van der Waals surface area contributed by atoms with E-state index in [0.717, 1.165) is 25.8 Å². The van der Waals surface area contributed by atoms with Crippen LogP contribution in [-0.4, -0.2) is 44.3 Å². The molecule has 0 radical (unpaired) electrons. The maximum Gasteiger partial charge on any atom is 0.412 e. The first-order chi connectivity index (χ1) is 12.5. The van der Waals surface area contributed by atoms with Gasteiger partial charge in [0.25, 0.3) is 0 Å². The lowest BCUT2D eigenvalue weighted by atomic mass is 9.81. The van der Waals surface area contributed by atoms with Crippen molar-refractivity contribution >= 4 is 11.8 Å². The molecule has 2 atom stereocenters. The molecule has 2 aliphatic heterocycles. The fourth-order valence-electron chi connectivity index (χ4n) is 4.69. The Balaban J connectivity index is 1.57. The zero-order valence-electron chi connectivity index (χ0n) is 16.7. The summed E-state index contributed by atoms with van der Waals surface area (Å²) in [4.78, 5) is 16.8. The maximum atomic E-state index is 12.0. The first kappa shape index (κ1) is 19.0. The molecule has 0 bridgehead atoms. The SMILES string of the molecule is CCCCCCCNC(=O)Oc1ccc2c(c1)N(C)[C@@H]1N(C)CC[C@]21C. The molecule has 2 aliphatic rings. The molecule has 0 saturated carbocycles. The number of ether oxygens (including phenoxy) is 1. The lowest BCUT2D eigenvalue weighted by Crippen LogP contribution is -2.45. The number of unbranched alkanes of at least 4 members (excludes halogenated alkanes) is 4. The zero-order valence-corrected chi connectivity index (χ0v) is 16.7. The Hall–Kier alpha value is -1.75. The number of nitrogens with one attached hydrogen (secondary N) is 1. The molecule has 1 aromatic carbocycles. The molecule has 1 saturated heterocycles. The number of likely N-dealkylation sites (N-methyl/N-ethyl adjacent to an activating group) is 2. The maximum absolute atomic E-state index is 12.0. The monoisotopic (exact) mass is 359 g/mol. The van der Waals surface area contributed by atoms with Gasteiger partial charge in [0, 0.05) is 37.3 Å². The molecular formula is C21H33N3O2. The smallest absolute Gasteiger partial charge is 0.410 e. The zero-order chi connectivity index (χ0) is 18.7. The summed E-state index contributed by atoms with van der Waals surface area (Å²) in [6.07, 6.45) is 7.08. The highest BCUT2D eigenvalue weighted by atomic mass is 16.6. The summed E-state index contributed by atoms with van der Waals surface area (Å²) in [5.41, 5.74) is 2.69. The molecule has 3 rings (SSSR count). The third kappa shape index (κ3) is 3.54. The highest BCUT2D eigenvalue weighted by molar-refractivity contribution is 5.72. The van der Waals surface area contributed by atoms with Crippen LogP contribution in [0, 0.1) is 0 Å². The standard InChI is InChI=1S/C21H33N3O2/c1-5-6-7-8-9-13-22-20(25)26-16-10-11-17-18(15-16)24(4)19-21(17,2)12-14-23(19)3/h10-11,15,19H,5-9,12-14H2,1-4H3,(H,22,25)/t19-,21+/m0/s1. The van der Waals surface area contributed by atoms with Gasteiger partial charge in [0.15, 0.2) is 0 Å². The van der Waals surface area contributed by atoms with Crippen LogP contribution >= 0.6 is 0 Å². The minimum absolute atomic E-state index is 0.151. The van der Waals surface area contributed by atoms with Gasteiger partial charge in [-0.1, -0.05) is 45.6 Å². The van der Waals surface area contributed by atoms with Crippen molar-refractivity contribution in [3.8, 4) is 5.75 Å². The van der Waals surface area contributed by atoms with E-state index >= 15 is 0 Å². The van der Waals surface area contributed by atoms with E-state index in [1.165, 1.54) is 30.5 Å². The lowest BCUT2D eigenvalue weighted by Gasteiger charge is -2.32. The first-order valence-electron chi connectivity index (χ1n) is 10.0. The number of nitrogens with zero attached hydrogens (tertiary/aromatic N) is 2. The average molecular weight is 360 g/mol. The number of fused-ring (bicyclic) bond motifs is 3. The fourth-order valence-corrected chi connectivity index (χ4v) is 4.69. The predicted molar refractivity (Wildman–Crippen MR) is 106 cm³/mol. The van der Waals surface area contributed by atoms with Crippen LogP contribution in [0.3, 0.4) is 0 Å². The van der Waals surface area contributed by atoms with Crippen LogP contribution in [0.5, 0.6) is 5.75 Å². The van der Waals surface area contributed by atoms with Gasteiger partial charge in [-0.3, -0.25) is 4.90 Å². The molecule has 144 valence electrons. The second kappa shape index (κ2) is 7.87. The Kier molecular flexibility index (Phi) is 5.76. The van der Waals surface area contributed by atoms with Crippen molar-refractivity contribution in [2.45, 2.75) is 64.0 Å². The average Bonchev–Trinajstić information content (AvgIpc) is 3.03. The summed E-state index contributed by atoms with van der Waals surface area (Å²) >= 11 is 0. The Labute approximate surface area is 157 Å². The van der Waals surface area contributed by atoms with Crippen LogP contribution in [0.25, 0.3) is 0 Å². The highest BCUT2D eigenvalue weighted by Gasteiger charge is 2.52. The van der Waals surface area contributed by atoms with E-state index in [1.807, 2.05) is 12.1 Å². The van der Waals surface area contributed by atoms with Gasteiger partial charge < -0.3 is 15.0 Å². The minimum atomic E-state index is -0.357. The molecule has 26 heavy (non-hydrogen) atoms.